The van der Waals surface area contributed by atoms with Crippen molar-refractivity contribution in [2.24, 2.45) is 34.0 Å². The number of carbonyl (C=O) groups excluding carboxylic acids is 3. The fourth-order valence-corrected chi connectivity index (χ4v) is 8.27. The standard InChI is InChI=1S/C31H39N3O6/c1-7-29(4)16-23(30(5)18(2)12-14-31(19(3)27(29)38)15-13-22(36)26(30)31)40-28(39)24-25(37)20-10-8-9-11-21(20)34(32-24)33(6)17-35/h7-11,17-19,23,26-27,38H,1,12-16H2,2-6H3/t18?,19-,23+,26?,27-,29+,30-,31-/m0/s1. The van der Waals surface area contributed by atoms with Crippen molar-refractivity contribution in [1.29, 1.82) is 0 Å². The van der Waals surface area contributed by atoms with Crippen LogP contribution in [0.4, 0.5) is 0 Å². The summed E-state index contributed by atoms with van der Waals surface area (Å²) in [7, 11) is 1.47. The lowest BCUT2D eigenvalue weighted by atomic mass is 9.44. The van der Waals surface area contributed by atoms with Gasteiger partial charge in [-0.25, -0.2) is 9.80 Å². The molecule has 0 radical (unpaired) electrons. The van der Waals surface area contributed by atoms with Crippen LogP contribution in [-0.4, -0.2) is 52.4 Å². The van der Waals surface area contributed by atoms with E-state index in [1.807, 2.05) is 20.8 Å². The summed E-state index contributed by atoms with van der Waals surface area (Å²) < 4.78 is 6.27. The Morgan fingerprint density at radius 2 is 1.93 bits per heavy atom. The van der Waals surface area contributed by atoms with E-state index in [4.69, 9.17) is 4.74 Å². The number of fused-ring (bicyclic) bond motifs is 1. The second-order valence-electron chi connectivity index (χ2n) is 12.7. The molecule has 0 aliphatic heterocycles. The molecular formula is C31H39N3O6. The van der Waals surface area contributed by atoms with Crippen LogP contribution in [0, 0.1) is 34.0 Å². The monoisotopic (exact) mass is 549 g/mol. The van der Waals surface area contributed by atoms with Crippen LogP contribution in [0.15, 0.2) is 41.7 Å². The Bertz CT molecular complexity index is 1450. The summed E-state index contributed by atoms with van der Waals surface area (Å²) in [6.45, 7) is 12.1. The van der Waals surface area contributed by atoms with E-state index >= 15 is 0 Å². The Morgan fingerprint density at radius 3 is 2.60 bits per heavy atom. The number of rotatable bonds is 5. The molecule has 9 heteroatoms. The molecule has 1 aromatic carbocycles. The van der Waals surface area contributed by atoms with Gasteiger partial charge in [-0.1, -0.05) is 45.9 Å². The summed E-state index contributed by atoms with van der Waals surface area (Å²) >= 11 is 0. The molecule has 3 aliphatic rings. The molecule has 2 aromatic rings. The third-order valence-corrected chi connectivity index (χ3v) is 11.0. The number of aliphatic hydroxyl groups excluding tert-OH is 1. The average molecular weight is 550 g/mol. The number of para-hydroxylation sites is 1. The van der Waals surface area contributed by atoms with Gasteiger partial charge < -0.3 is 9.84 Å². The number of aromatic nitrogens is 2. The number of ketones is 1. The lowest BCUT2D eigenvalue weighted by Crippen LogP contribution is -2.63. The van der Waals surface area contributed by atoms with E-state index in [9.17, 15) is 24.3 Å². The normalized spacial score (nSPS) is 37.2. The molecule has 1 aromatic heterocycles. The van der Waals surface area contributed by atoms with Gasteiger partial charge in [0.25, 0.3) is 0 Å². The van der Waals surface area contributed by atoms with E-state index in [1.54, 1.807) is 30.3 Å². The molecule has 2 unspecified atom stereocenters. The van der Waals surface area contributed by atoms with Gasteiger partial charge in [-0.3, -0.25) is 14.4 Å². The minimum Gasteiger partial charge on any atom is -0.457 e. The fraction of sp³-hybridized carbons (Fsp3) is 0.581. The summed E-state index contributed by atoms with van der Waals surface area (Å²) in [5, 5.41) is 17.3. The van der Waals surface area contributed by atoms with E-state index in [2.05, 4.69) is 18.6 Å². The molecule has 9 nitrogen and oxygen atoms in total. The van der Waals surface area contributed by atoms with Gasteiger partial charge in [-0.15, -0.1) is 11.7 Å². The SMILES string of the molecule is C=C[C@]1(C)C[C@@H](OC(=O)c2nn(N(C)C=O)c3ccccc3c2=O)[C@]2(C)C(C)CC[C@]3(CCC(=O)C32)[C@@H](C)[C@@H]1O. The zero-order valence-electron chi connectivity index (χ0n) is 23.9. The van der Waals surface area contributed by atoms with Crippen LogP contribution >= 0.6 is 0 Å². The van der Waals surface area contributed by atoms with Gasteiger partial charge in [0.15, 0.2) is 0 Å². The quantitative estimate of drug-likeness (QED) is 0.344. The van der Waals surface area contributed by atoms with Crippen LogP contribution < -0.4 is 10.4 Å². The highest BCUT2D eigenvalue weighted by Crippen LogP contribution is 2.68. The Labute approximate surface area is 234 Å². The second-order valence-corrected chi connectivity index (χ2v) is 12.7. The van der Waals surface area contributed by atoms with Crippen molar-refractivity contribution < 1.29 is 24.2 Å². The van der Waals surface area contributed by atoms with Crippen molar-refractivity contribution in [1.82, 2.24) is 9.89 Å². The predicted octanol–water partition coefficient (Wildman–Crippen LogP) is 3.64. The Hall–Kier alpha value is -3.33. The fourth-order valence-electron chi connectivity index (χ4n) is 8.27. The largest absolute Gasteiger partial charge is 0.457 e. The van der Waals surface area contributed by atoms with E-state index < -0.39 is 45.5 Å². The highest BCUT2D eigenvalue weighted by atomic mass is 16.5. The first-order valence-corrected chi connectivity index (χ1v) is 14.1. The number of hydrogen-bond donors (Lipinski definition) is 1. The molecule has 214 valence electrons. The van der Waals surface area contributed by atoms with Crippen molar-refractivity contribution in [3.8, 4) is 0 Å². The molecule has 5 rings (SSSR count). The van der Waals surface area contributed by atoms with Crippen molar-refractivity contribution in [3.63, 3.8) is 0 Å². The number of Topliss-reactive ketones (excluding diaryl/α,β-unsaturated/α-hetero) is 1. The Balaban J connectivity index is 1.66. The van der Waals surface area contributed by atoms with Gasteiger partial charge in [-0.05, 0) is 55.1 Å². The number of ether oxygens (including phenoxy) is 1. The number of esters is 1. The highest BCUT2D eigenvalue weighted by molar-refractivity contribution is 5.92. The minimum atomic E-state index is -0.918. The van der Waals surface area contributed by atoms with Crippen LogP contribution in [0.5, 0.6) is 0 Å². The maximum Gasteiger partial charge on any atom is 0.363 e. The molecule has 3 saturated carbocycles. The van der Waals surface area contributed by atoms with Crippen LogP contribution in [0.25, 0.3) is 10.9 Å². The van der Waals surface area contributed by atoms with Gasteiger partial charge in [0.1, 0.15) is 11.9 Å². The smallest absolute Gasteiger partial charge is 0.363 e. The maximum atomic E-state index is 13.9. The molecule has 3 fully saturated rings. The van der Waals surface area contributed by atoms with Crippen molar-refractivity contribution in [3.05, 3.63) is 52.8 Å². The summed E-state index contributed by atoms with van der Waals surface area (Å²) in [6.07, 6.45) is 3.69. The first kappa shape index (κ1) is 28.2. The first-order valence-electron chi connectivity index (χ1n) is 14.1. The minimum absolute atomic E-state index is 0.0457. The van der Waals surface area contributed by atoms with Gasteiger partial charge in [-0.2, -0.15) is 4.79 Å². The van der Waals surface area contributed by atoms with Crippen LogP contribution in [0.3, 0.4) is 0 Å². The summed E-state index contributed by atoms with van der Waals surface area (Å²) in [5.41, 5.74) is -2.62. The second kappa shape index (κ2) is 9.65. The molecule has 3 aliphatic carbocycles. The van der Waals surface area contributed by atoms with Crippen LogP contribution in [0.2, 0.25) is 0 Å². The van der Waals surface area contributed by atoms with Gasteiger partial charge in [0, 0.05) is 30.2 Å². The molecule has 0 spiro atoms. The third-order valence-electron chi connectivity index (χ3n) is 11.0. The number of nitrogens with zero attached hydrogens (tertiary/aromatic N) is 3. The number of benzene rings is 1. The van der Waals surface area contributed by atoms with E-state index in [-0.39, 0.29) is 35.3 Å². The van der Waals surface area contributed by atoms with E-state index in [0.29, 0.717) is 24.8 Å². The van der Waals surface area contributed by atoms with Gasteiger partial charge >= 0.3 is 5.97 Å². The van der Waals surface area contributed by atoms with Gasteiger partial charge in [0.2, 0.25) is 17.5 Å². The van der Waals surface area contributed by atoms with Crippen LogP contribution in [-0.2, 0) is 14.3 Å². The summed E-state index contributed by atoms with van der Waals surface area (Å²) in [6, 6.07) is 6.60. The molecule has 1 heterocycles. The number of aliphatic hydroxyl groups is 1. The topological polar surface area (TPSA) is 119 Å². The summed E-state index contributed by atoms with van der Waals surface area (Å²) in [4.78, 5) is 53.8. The predicted molar refractivity (Wildman–Crippen MR) is 150 cm³/mol. The lowest BCUT2D eigenvalue weighted by molar-refractivity contribution is -0.192. The van der Waals surface area contributed by atoms with Gasteiger partial charge in [0.05, 0.1) is 17.0 Å². The van der Waals surface area contributed by atoms with Crippen LogP contribution in [0.1, 0.15) is 70.3 Å². The Kier molecular flexibility index (Phi) is 6.80. The van der Waals surface area contributed by atoms with Crippen molar-refractivity contribution >= 4 is 29.1 Å². The third kappa shape index (κ3) is 3.80. The maximum absolute atomic E-state index is 13.9. The average Bonchev–Trinajstić information content (AvgIpc) is 3.31. The molecule has 1 amide bonds. The molecule has 2 bridgehead atoms. The van der Waals surface area contributed by atoms with E-state index in [0.717, 1.165) is 17.9 Å². The molecule has 0 saturated heterocycles. The van der Waals surface area contributed by atoms with Crippen molar-refractivity contribution in [2.45, 2.75) is 72.0 Å². The van der Waals surface area contributed by atoms with E-state index in [1.165, 1.54) is 11.8 Å². The molecule has 40 heavy (non-hydrogen) atoms. The number of hydrogen-bond acceptors (Lipinski definition) is 7. The van der Waals surface area contributed by atoms with Crippen molar-refractivity contribution in [2.75, 3.05) is 12.1 Å². The number of amides is 1. The summed E-state index contributed by atoms with van der Waals surface area (Å²) in [5.74, 6) is -1.26. The highest BCUT2D eigenvalue weighted by Gasteiger charge is 2.68. The zero-order chi connectivity index (χ0) is 29.2. The number of carbonyl (C=O) groups is 3. The zero-order valence-corrected chi connectivity index (χ0v) is 23.9. The first-order chi connectivity index (χ1) is 18.9. The molecule has 8 atom stereocenters. The Morgan fingerprint density at radius 1 is 1.23 bits per heavy atom. The lowest BCUT2D eigenvalue weighted by Gasteiger charge is -2.61. The molecular weight excluding hydrogens is 510 g/mol. The molecule has 1 N–H and O–H groups in total.